The molecule has 0 fully saturated rings. The van der Waals surface area contributed by atoms with Gasteiger partial charge in [-0.3, -0.25) is 9.78 Å². The number of rotatable bonds is 6. The van der Waals surface area contributed by atoms with Crippen LogP contribution in [0.1, 0.15) is 39.0 Å². The van der Waals surface area contributed by atoms with Gasteiger partial charge in [-0.25, -0.2) is 4.98 Å². The fraction of sp³-hybridized carbons (Fsp3) is 0.107. The van der Waals surface area contributed by atoms with Gasteiger partial charge in [0.2, 0.25) is 0 Å². The highest BCUT2D eigenvalue weighted by Crippen LogP contribution is 2.35. The Balaban J connectivity index is 1.57. The summed E-state index contributed by atoms with van der Waals surface area (Å²) in [5.41, 5.74) is 6.25. The number of aryl methyl sites for hydroxylation is 2. The lowest BCUT2D eigenvalue weighted by Gasteiger charge is -2.20. The Hall–Kier alpha value is -4.45. The van der Waals surface area contributed by atoms with Gasteiger partial charge in [0.15, 0.2) is 0 Å². The molecule has 0 saturated carbocycles. The summed E-state index contributed by atoms with van der Waals surface area (Å²) >= 11 is 0. The summed E-state index contributed by atoms with van der Waals surface area (Å²) in [4.78, 5) is 25.5. The topological polar surface area (TPSA) is 82.7 Å². The van der Waals surface area contributed by atoms with Crippen LogP contribution >= 0.6 is 0 Å². The first-order chi connectivity index (χ1) is 16.6. The summed E-state index contributed by atoms with van der Waals surface area (Å²) in [6, 6.07) is 26.7. The number of aromatic amines is 1. The van der Waals surface area contributed by atoms with Gasteiger partial charge in [-0.2, -0.15) is 0 Å². The summed E-state index contributed by atoms with van der Waals surface area (Å²) in [5.74, 6) is 0.634. The molecule has 6 nitrogen and oxygen atoms in total. The normalized spacial score (nSPS) is 11.8. The molecule has 0 spiro atoms. The van der Waals surface area contributed by atoms with E-state index in [1.807, 2.05) is 79.7 Å². The van der Waals surface area contributed by atoms with Crippen LogP contribution in [-0.4, -0.2) is 20.9 Å². The molecule has 0 saturated heterocycles. The number of nitrogens with zero attached hydrogens (tertiary/aromatic N) is 2. The van der Waals surface area contributed by atoms with E-state index in [1.165, 1.54) is 0 Å². The van der Waals surface area contributed by atoms with Gasteiger partial charge in [0.05, 0.1) is 11.7 Å². The van der Waals surface area contributed by atoms with E-state index in [-0.39, 0.29) is 11.9 Å². The monoisotopic (exact) mass is 447 g/mol. The first kappa shape index (κ1) is 21.4. The van der Waals surface area contributed by atoms with Gasteiger partial charge < -0.3 is 15.6 Å². The Morgan fingerprint density at radius 1 is 0.912 bits per heavy atom. The molecular formula is C28H25N5O. The van der Waals surface area contributed by atoms with Crippen molar-refractivity contribution in [3.05, 3.63) is 119 Å². The number of pyridine rings is 2. The van der Waals surface area contributed by atoms with Gasteiger partial charge in [-0.15, -0.1) is 0 Å². The Bertz CT molecular complexity index is 1440. The van der Waals surface area contributed by atoms with E-state index >= 15 is 0 Å². The molecule has 1 amide bonds. The van der Waals surface area contributed by atoms with Gasteiger partial charge in [0.1, 0.15) is 5.82 Å². The van der Waals surface area contributed by atoms with Crippen LogP contribution in [0.5, 0.6) is 0 Å². The van der Waals surface area contributed by atoms with E-state index in [4.69, 9.17) is 0 Å². The van der Waals surface area contributed by atoms with E-state index in [9.17, 15) is 4.79 Å². The highest BCUT2D eigenvalue weighted by Gasteiger charge is 2.23. The van der Waals surface area contributed by atoms with Crippen molar-refractivity contribution in [2.45, 2.75) is 19.9 Å². The maximum Gasteiger partial charge on any atom is 0.255 e. The zero-order chi connectivity index (χ0) is 23.5. The number of aromatic nitrogens is 3. The summed E-state index contributed by atoms with van der Waals surface area (Å²) in [5, 5.41) is 7.61. The molecule has 2 aromatic carbocycles. The van der Waals surface area contributed by atoms with Crippen molar-refractivity contribution in [3.63, 3.8) is 0 Å². The van der Waals surface area contributed by atoms with Crippen molar-refractivity contribution < 1.29 is 4.79 Å². The Morgan fingerprint density at radius 2 is 1.74 bits per heavy atom. The molecule has 3 aromatic heterocycles. The summed E-state index contributed by atoms with van der Waals surface area (Å²) in [6.45, 7) is 4.03. The van der Waals surface area contributed by atoms with Crippen LogP contribution in [0, 0.1) is 13.8 Å². The third-order valence-corrected chi connectivity index (χ3v) is 5.78. The van der Waals surface area contributed by atoms with Crippen molar-refractivity contribution in [2.24, 2.45) is 0 Å². The first-order valence-corrected chi connectivity index (χ1v) is 11.2. The number of carbonyl (C=O) groups excluding carboxylic acids is 1. The number of amides is 1. The highest BCUT2D eigenvalue weighted by molar-refractivity contribution is 6.05. The fourth-order valence-electron chi connectivity index (χ4n) is 4.20. The molecule has 5 aromatic rings. The minimum absolute atomic E-state index is 0.142. The Morgan fingerprint density at radius 3 is 2.50 bits per heavy atom. The van der Waals surface area contributed by atoms with Crippen LogP contribution in [0.25, 0.3) is 10.9 Å². The lowest BCUT2D eigenvalue weighted by molar-refractivity contribution is 0.102. The number of hydrogen-bond acceptors (Lipinski definition) is 4. The van der Waals surface area contributed by atoms with Crippen molar-refractivity contribution in [1.82, 2.24) is 15.0 Å². The Kier molecular flexibility index (Phi) is 5.79. The van der Waals surface area contributed by atoms with Crippen LogP contribution in [-0.2, 0) is 0 Å². The van der Waals surface area contributed by atoms with E-state index < -0.39 is 0 Å². The molecular weight excluding hydrogens is 422 g/mol. The molecule has 6 heteroatoms. The predicted molar refractivity (Wildman–Crippen MR) is 136 cm³/mol. The SMILES string of the molecule is Cc1cccc(N[C@H](c2ccccn2)c2c(C)[nH]c3ccc(NC(=O)c4ccccc4)cc23)n1. The number of H-pyrrole nitrogens is 1. The number of nitrogens with one attached hydrogen (secondary N) is 3. The average molecular weight is 448 g/mol. The second-order valence-corrected chi connectivity index (χ2v) is 8.24. The number of benzene rings is 2. The summed E-state index contributed by atoms with van der Waals surface area (Å²) < 4.78 is 0. The van der Waals surface area contributed by atoms with E-state index in [1.54, 1.807) is 18.3 Å². The zero-order valence-electron chi connectivity index (χ0n) is 19.0. The number of hydrogen-bond donors (Lipinski definition) is 3. The fourth-order valence-corrected chi connectivity index (χ4v) is 4.20. The lowest BCUT2D eigenvalue weighted by atomic mass is 9.99. The van der Waals surface area contributed by atoms with E-state index in [2.05, 4.69) is 32.5 Å². The molecule has 34 heavy (non-hydrogen) atoms. The molecule has 168 valence electrons. The second kappa shape index (κ2) is 9.19. The maximum atomic E-state index is 12.7. The molecule has 0 aliphatic carbocycles. The van der Waals surface area contributed by atoms with Crippen LogP contribution in [0.15, 0.2) is 91.1 Å². The zero-order valence-corrected chi connectivity index (χ0v) is 19.0. The number of carbonyl (C=O) groups is 1. The van der Waals surface area contributed by atoms with Crippen LogP contribution in [0.3, 0.4) is 0 Å². The van der Waals surface area contributed by atoms with Gasteiger partial charge in [-0.1, -0.05) is 30.3 Å². The van der Waals surface area contributed by atoms with Gasteiger partial charge in [0, 0.05) is 45.3 Å². The van der Waals surface area contributed by atoms with Gasteiger partial charge >= 0.3 is 0 Å². The summed E-state index contributed by atoms with van der Waals surface area (Å²) in [6.07, 6.45) is 1.80. The van der Waals surface area contributed by atoms with Crippen LogP contribution in [0.2, 0.25) is 0 Å². The second-order valence-electron chi connectivity index (χ2n) is 8.24. The number of fused-ring (bicyclic) bond motifs is 1. The standard InChI is InChI=1S/C28H25N5O/c1-18-9-8-13-25(30-18)33-27(24-12-6-7-16-29-24)26-19(2)31-23-15-14-21(17-22(23)26)32-28(34)20-10-4-3-5-11-20/h3-17,27,31H,1-2H3,(H,30,33)(H,32,34)/t27-/m1/s1. The van der Waals surface area contributed by atoms with Crippen LogP contribution < -0.4 is 10.6 Å². The quantitative estimate of drug-likeness (QED) is 0.297. The van der Waals surface area contributed by atoms with E-state index in [0.29, 0.717) is 5.56 Å². The summed E-state index contributed by atoms with van der Waals surface area (Å²) in [7, 11) is 0. The molecule has 0 aliphatic heterocycles. The minimum atomic E-state index is -0.232. The van der Waals surface area contributed by atoms with Crippen molar-refractivity contribution in [2.75, 3.05) is 10.6 Å². The molecule has 0 bridgehead atoms. The molecule has 1 atom stereocenters. The van der Waals surface area contributed by atoms with Crippen LogP contribution in [0.4, 0.5) is 11.5 Å². The molecule has 0 aliphatic rings. The predicted octanol–water partition coefficient (Wildman–Crippen LogP) is 6.03. The minimum Gasteiger partial charge on any atom is -0.358 e. The smallest absolute Gasteiger partial charge is 0.255 e. The Labute approximate surface area is 198 Å². The van der Waals surface area contributed by atoms with E-state index in [0.717, 1.165) is 45.1 Å². The lowest BCUT2D eigenvalue weighted by Crippen LogP contribution is -2.16. The van der Waals surface area contributed by atoms with Crippen molar-refractivity contribution in [3.8, 4) is 0 Å². The molecule has 0 unspecified atom stereocenters. The highest BCUT2D eigenvalue weighted by atomic mass is 16.1. The largest absolute Gasteiger partial charge is 0.358 e. The molecule has 0 radical (unpaired) electrons. The molecule has 5 rings (SSSR count). The first-order valence-electron chi connectivity index (χ1n) is 11.2. The van der Waals surface area contributed by atoms with Crippen molar-refractivity contribution >= 4 is 28.3 Å². The van der Waals surface area contributed by atoms with Crippen molar-refractivity contribution in [1.29, 1.82) is 0 Å². The third kappa shape index (κ3) is 4.38. The molecule has 3 heterocycles. The van der Waals surface area contributed by atoms with Gasteiger partial charge in [-0.05, 0) is 68.4 Å². The number of anilines is 2. The molecule has 3 N–H and O–H groups in total. The maximum absolute atomic E-state index is 12.7. The average Bonchev–Trinajstić information content (AvgIpc) is 3.18. The van der Waals surface area contributed by atoms with Gasteiger partial charge in [0.25, 0.3) is 5.91 Å². The third-order valence-electron chi connectivity index (χ3n) is 5.78.